The monoisotopic (exact) mass is 471 g/mol. The summed E-state index contributed by atoms with van der Waals surface area (Å²) >= 11 is 1.40. The van der Waals surface area contributed by atoms with Crippen molar-refractivity contribution in [1.29, 1.82) is 0 Å². The van der Waals surface area contributed by atoms with E-state index in [0.29, 0.717) is 17.5 Å². The maximum atomic E-state index is 13.4. The second kappa shape index (κ2) is 10.5. The maximum absolute atomic E-state index is 13.4. The first-order valence-corrected chi connectivity index (χ1v) is 12.3. The third kappa shape index (κ3) is 4.97. The Labute approximate surface area is 202 Å². The molecule has 3 heterocycles. The number of benzene rings is 1. The van der Waals surface area contributed by atoms with Crippen LogP contribution >= 0.6 is 11.8 Å². The Kier molecular flexibility index (Phi) is 6.86. The molecule has 34 heavy (non-hydrogen) atoms. The summed E-state index contributed by atoms with van der Waals surface area (Å²) in [6.45, 7) is 0.436. The van der Waals surface area contributed by atoms with E-state index in [-0.39, 0.29) is 11.7 Å². The lowest BCUT2D eigenvalue weighted by Gasteiger charge is -2.27. The lowest BCUT2D eigenvalue weighted by molar-refractivity contribution is -0.127. The molecule has 7 nitrogen and oxygen atoms in total. The fraction of sp³-hybridized carbons (Fsp3) is 0.231. The zero-order chi connectivity index (χ0) is 23.2. The fourth-order valence-corrected chi connectivity index (χ4v) is 4.87. The first kappa shape index (κ1) is 22.2. The molecule has 8 heteroatoms. The van der Waals surface area contributed by atoms with Crippen molar-refractivity contribution in [2.75, 3.05) is 5.75 Å². The van der Waals surface area contributed by atoms with Crippen LogP contribution in [0, 0.1) is 0 Å². The highest BCUT2D eigenvalue weighted by Crippen LogP contribution is 2.29. The van der Waals surface area contributed by atoms with Gasteiger partial charge in [0, 0.05) is 29.3 Å². The van der Waals surface area contributed by atoms with Crippen LogP contribution in [0.25, 0.3) is 17.1 Å². The lowest BCUT2D eigenvalue weighted by atomic mass is 10.0. The van der Waals surface area contributed by atoms with Crippen LogP contribution in [0.1, 0.15) is 31.4 Å². The third-order valence-corrected chi connectivity index (χ3v) is 6.63. The van der Waals surface area contributed by atoms with Gasteiger partial charge in [0.25, 0.3) is 0 Å². The maximum Gasteiger partial charge on any atom is 0.237 e. The van der Waals surface area contributed by atoms with Crippen molar-refractivity contribution in [1.82, 2.24) is 24.6 Å². The molecule has 5 rings (SSSR count). The predicted octanol–water partition coefficient (Wildman–Crippen LogP) is 5.50. The van der Waals surface area contributed by atoms with Crippen LogP contribution in [0.2, 0.25) is 0 Å². The zero-order valence-electron chi connectivity index (χ0n) is 18.7. The molecule has 0 spiro atoms. The number of pyridine rings is 1. The smallest absolute Gasteiger partial charge is 0.237 e. The second-order valence-corrected chi connectivity index (χ2v) is 8.94. The Bertz CT molecular complexity index is 1250. The first-order valence-electron chi connectivity index (χ1n) is 11.4. The molecule has 4 aromatic rings. The minimum atomic E-state index is 0.0302. The largest absolute Gasteiger partial charge is 0.467 e. The van der Waals surface area contributed by atoms with Crippen molar-refractivity contribution in [3.05, 3.63) is 90.8 Å². The summed E-state index contributed by atoms with van der Waals surface area (Å²) in [6, 6.07) is 17.5. The number of hydrogen-bond acceptors (Lipinski definition) is 6. The molecule has 0 N–H and O–H groups in total. The van der Waals surface area contributed by atoms with E-state index in [4.69, 9.17) is 4.42 Å². The Morgan fingerprint density at radius 2 is 1.88 bits per heavy atom. The van der Waals surface area contributed by atoms with Crippen molar-refractivity contribution in [2.45, 2.75) is 37.4 Å². The van der Waals surface area contributed by atoms with Crippen molar-refractivity contribution >= 4 is 17.7 Å². The molecule has 1 aromatic carbocycles. The van der Waals surface area contributed by atoms with Gasteiger partial charge in [-0.2, -0.15) is 0 Å². The van der Waals surface area contributed by atoms with Gasteiger partial charge in [-0.1, -0.05) is 36.0 Å². The highest BCUT2D eigenvalue weighted by atomic mass is 32.2. The number of hydrogen-bond donors (Lipinski definition) is 0. The molecule has 0 unspecified atom stereocenters. The van der Waals surface area contributed by atoms with E-state index in [0.717, 1.165) is 42.0 Å². The first-order chi connectivity index (χ1) is 16.8. The van der Waals surface area contributed by atoms with Crippen LogP contribution in [0.5, 0.6) is 0 Å². The summed E-state index contributed by atoms with van der Waals surface area (Å²) in [6.07, 6.45) is 11.5. The van der Waals surface area contributed by atoms with Crippen LogP contribution in [0.4, 0.5) is 0 Å². The van der Waals surface area contributed by atoms with Gasteiger partial charge in [0.1, 0.15) is 5.76 Å². The Balaban J connectivity index is 1.41. The summed E-state index contributed by atoms with van der Waals surface area (Å²) in [5.74, 6) is 1.77. The minimum Gasteiger partial charge on any atom is -0.467 e. The average molecular weight is 472 g/mol. The van der Waals surface area contributed by atoms with E-state index in [1.54, 1.807) is 18.7 Å². The molecule has 3 aromatic heterocycles. The van der Waals surface area contributed by atoms with E-state index in [1.165, 1.54) is 18.2 Å². The third-order valence-electron chi connectivity index (χ3n) is 5.72. The van der Waals surface area contributed by atoms with E-state index in [9.17, 15) is 4.79 Å². The number of nitrogens with zero attached hydrogens (tertiary/aromatic N) is 5. The number of rotatable bonds is 8. The Hall–Kier alpha value is -3.65. The molecule has 0 aliphatic heterocycles. The number of carbonyl (C=O) groups is 1. The standard InChI is InChI=1S/C26H25N5O2S/c32-24(30(18-23-12-7-17-33-23)21-8-3-1-4-9-21)19-34-26-29-28-25(20-13-15-27-16-14-20)31(26)22-10-5-2-6-11-22/h2,5-8,10-17H,1,3-4,9,18-19H2. The Morgan fingerprint density at radius 3 is 2.62 bits per heavy atom. The lowest BCUT2D eigenvalue weighted by Crippen LogP contribution is -2.32. The number of amides is 1. The van der Waals surface area contributed by atoms with Gasteiger partial charge in [0.2, 0.25) is 5.91 Å². The normalized spacial score (nSPS) is 13.5. The summed E-state index contributed by atoms with van der Waals surface area (Å²) < 4.78 is 7.53. The average Bonchev–Trinajstić information content (AvgIpc) is 3.57. The zero-order valence-corrected chi connectivity index (χ0v) is 19.5. The molecule has 1 aliphatic carbocycles. The number of allylic oxidation sites excluding steroid dienone is 2. The molecule has 0 radical (unpaired) electrons. The summed E-state index contributed by atoms with van der Waals surface area (Å²) in [5.41, 5.74) is 2.93. The molecule has 0 bridgehead atoms. The van der Waals surface area contributed by atoms with Crippen molar-refractivity contribution < 1.29 is 9.21 Å². The number of para-hydroxylation sites is 1. The molecular formula is C26H25N5O2S. The molecule has 1 amide bonds. The molecule has 0 saturated heterocycles. The van der Waals surface area contributed by atoms with Crippen molar-refractivity contribution in [3.8, 4) is 17.1 Å². The van der Waals surface area contributed by atoms with Gasteiger partial charge in [-0.25, -0.2) is 0 Å². The van der Waals surface area contributed by atoms with Crippen LogP contribution in [-0.2, 0) is 11.3 Å². The van der Waals surface area contributed by atoms with Crippen LogP contribution < -0.4 is 0 Å². The topological polar surface area (TPSA) is 77.1 Å². The minimum absolute atomic E-state index is 0.0302. The second-order valence-electron chi connectivity index (χ2n) is 8.00. The van der Waals surface area contributed by atoms with Crippen LogP contribution in [0.15, 0.2) is 94.6 Å². The van der Waals surface area contributed by atoms with Crippen LogP contribution in [-0.4, -0.2) is 36.3 Å². The molecular weight excluding hydrogens is 446 g/mol. The van der Waals surface area contributed by atoms with Gasteiger partial charge in [-0.15, -0.1) is 10.2 Å². The number of aromatic nitrogens is 4. The summed E-state index contributed by atoms with van der Waals surface area (Å²) in [7, 11) is 0. The van der Waals surface area contributed by atoms with E-state index < -0.39 is 0 Å². The molecule has 1 aliphatic rings. The van der Waals surface area contributed by atoms with Gasteiger partial charge in [-0.3, -0.25) is 14.3 Å². The molecule has 0 atom stereocenters. The summed E-state index contributed by atoms with van der Waals surface area (Å²) in [4.78, 5) is 19.4. The van der Waals surface area contributed by atoms with Gasteiger partial charge >= 0.3 is 0 Å². The predicted molar refractivity (Wildman–Crippen MR) is 131 cm³/mol. The molecule has 172 valence electrons. The van der Waals surface area contributed by atoms with Gasteiger partial charge in [0.15, 0.2) is 11.0 Å². The van der Waals surface area contributed by atoms with E-state index in [2.05, 4.69) is 21.3 Å². The number of thioether (sulfide) groups is 1. The Morgan fingerprint density at radius 1 is 1.03 bits per heavy atom. The van der Waals surface area contributed by atoms with Crippen molar-refractivity contribution in [3.63, 3.8) is 0 Å². The summed E-state index contributed by atoms with van der Waals surface area (Å²) in [5, 5.41) is 9.56. The highest BCUT2D eigenvalue weighted by molar-refractivity contribution is 7.99. The van der Waals surface area contributed by atoms with Crippen molar-refractivity contribution in [2.24, 2.45) is 0 Å². The number of furan rings is 1. The quantitative estimate of drug-likeness (QED) is 0.316. The molecule has 0 saturated carbocycles. The fourth-order valence-electron chi connectivity index (χ4n) is 4.04. The SMILES string of the molecule is O=C(CSc1nnc(-c2ccncc2)n1-c1ccccc1)N(Cc1ccco1)C1=CCCCC1. The number of carbonyl (C=O) groups excluding carboxylic acids is 1. The van der Waals surface area contributed by atoms with Gasteiger partial charge < -0.3 is 9.32 Å². The van der Waals surface area contributed by atoms with Crippen LogP contribution in [0.3, 0.4) is 0 Å². The molecule has 0 fully saturated rings. The van der Waals surface area contributed by atoms with Gasteiger partial charge in [0.05, 0.1) is 18.6 Å². The van der Waals surface area contributed by atoms with E-state index >= 15 is 0 Å². The van der Waals surface area contributed by atoms with E-state index in [1.807, 2.05) is 64.1 Å². The highest BCUT2D eigenvalue weighted by Gasteiger charge is 2.23. The van der Waals surface area contributed by atoms with Gasteiger partial charge in [-0.05, 0) is 62.1 Å².